The van der Waals surface area contributed by atoms with Crippen LogP contribution < -0.4 is 20.8 Å². The summed E-state index contributed by atoms with van der Waals surface area (Å²) in [6.45, 7) is 0. The van der Waals surface area contributed by atoms with Crippen LogP contribution >= 0.6 is 39.1 Å². The summed E-state index contributed by atoms with van der Waals surface area (Å²) < 4.78 is 7.17. The van der Waals surface area contributed by atoms with Crippen molar-refractivity contribution in [3.8, 4) is 5.75 Å². The molecule has 3 aromatic carbocycles. The highest BCUT2D eigenvalue weighted by atomic mass is 79.9. The monoisotopic (exact) mass is 574 g/mol. The lowest BCUT2D eigenvalue weighted by Crippen LogP contribution is -2.36. The van der Waals surface area contributed by atoms with Gasteiger partial charge >= 0.3 is 11.8 Å². The highest BCUT2D eigenvalue weighted by molar-refractivity contribution is 9.10. The van der Waals surface area contributed by atoms with Crippen molar-refractivity contribution < 1.29 is 19.1 Å². The molecule has 0 radical (unpaired) electrons. The Hall–Kier alpha value is -3.53. The molecular weight excluding hydrogens is 559 g/mol. The Balaban J connectivity index is 1.61. The predicted molar refractivity (Wildman–Crippen MR) is 140 cm³/mol. The van der Waals surface area contributed by atoms with Gasteiger partial charge in [0, 0.05) is 20.6 Å². The molecule has 0 aliphatic carbocycles. The zero-order valence-corrected chi connectivity index (χ0v) is 21.2. The van der Waals surface area contributed by atoms with Crippen molar-refractivity contribution in [2.24, 2.45) is 0 Å². The first-order valence-corrected chi connectivity index (χ1v) is 11.6. The highest BCUT2D eigenvalue weighted by Crippen LogP contribution is 2.26. The van der Waals surface area contributed by atoms with E-state index in [1.165, 1.54) is 22.9 Å². The lowest BCUT2D eigenvalue weighted by atomic mass is 10.2. The predicted octanol–water partition coefficient (Wildman–Crippen LogP) is 5.68. The quantitative estimate of drug-likeness (QED) is 0.266. The fourth-order valence-electron chi connectivity index (χ4n) is 3.27. The van der Waals surface area contributed by atoms with Crippen LogP contribution in [0.4, 0.5) is 11.4 Å². The van der Waals surface area contributed by atoms with Gasteiger partial charge in [0.1, 0.15) is 11.4 Å². The minimum atomic E-state index is -1.00. The maximum atomic E-state index is 13.1. The number of nitrogens with one attached hydrogen (secondary N) is 3. The van der Waals surface area contributed by atoms with Gasteiger partial charge in [-0.05, 0) is 66.7 Å². The topological polar surface area (TPSA) is 101 Å². The van der Waals surface area contributed by atoms with Gasteiger partial charge in [-0.3, -0.25) is 19.8 Å². The Kier molecular flexibility index (Phi) is 7.30. The Morgan fingerprint density at radius 2 is 1.63 bits per heavy atom. The van der Waals surface area contributed by atoms with Gasteiger partial charge in [-0.25, -0.2) is 4.68 Å². The molecule has 8 nitrogen and oxygen atoms in total. The number of hydrogen-bond donors (Lipinski definition) is 3. The average Bonchev–Trinajstić information content (AvgIpc) is 3.18. The first kappa shape index (κ1) is 24.6. The number of methoxy groups -OCH3 is 1. The largest absolute Gasteiger partial charge is 0.497 e. The maximum Gasteiger partial charge on any atom is 0.328 e. The van der Waals surface area contributed by atoms with E-state index < -0.39 is 17.7 Å². The summed E-state index contributed by atoms with van der Waals surface area (Å²) in [4.78, 5) is 38.4. The third-order valence-corrected chi connectivity index (χ3v) is 5.98. The summed E-state index contributed by atoms with van der Waals surface area (Å²) in [6.07, 6.45) is 0. The van der Waals surface area contributed by atoms with Gasteiger partial charge in [0.25, 0.3) is 5.91 Å². The molecule has 1 aromatic heterocycles. The fraction of sp³-hybridized carbons (Fsp3) is 0.0417. The summed E-state index contributed by atoms with van der Waals surface area (Å²) in [6, 6.07) is 18.1. The SMILES string of the molecule is COc1ccc(NC(=O)c2cc3cc(Br)ccc3n2NC(=O)C(=O)Nc2ccc(Cl)cc2Cl)cc1. The molecular formula is C24H17BrCl2N4O4. The number of hydrogen-bond acceptors (Lipinski definition) is 4. The minimum Gasteiger partial charge on any atom is -0.497 e. The molecule has 178 valence electrons. The minimum absolute atomic E-state index is 0.111. The van der Waals surface area contributed by atoms with Crippen LogP contribution in [0, 0.1) is 0 Å². The van der Waals surface area contributed by atoms with Crippen molar-refractivity contribution in [2.75, 3.05) is 23.2 Å². The average molecular weight is 576 g/mol. The van der Waals surface area contributed by atoms with Gasteiger partial charge in [0.2, 0.25) is 0 Å². The van der Waals surface area contributed by atoms with Crippen LogP contribution in [0.15, 0.2) is 71.2 Å². The van der Waals surface area contributed by atoms with Crippen molar-refractivity contribution in [1.82, 2.24) is 4.68 Å². The Morgan fingerprint density at radius 1 is 0.886 bits per heavy atom. The number of rotatable bonds is 5. The smallest absolute Gasteiger partial charge is 0.328 e. The van der Waals surface area contributed by atoms with Gasteiger partial charge in [0.05, 0.1) is 23.3 Å². The molecule has 0 bridgehead atoms. The normalized spacial score (nSPS) is 10.6. The van der Waals surface area contributed by atoms with Crippen LogP contribution in [0.1, 0.15) is 10.5 Å². The van der Waals surface area contributed by atoms with Crippen molar-refractivity contribution in [3.63, 3.8) is 0 Å². The van der Waals surface area contributed by atoms with E-state index in [0.717, 1.165) is 4.47 Å². The molecule has 0 unspecified atom stereocenters. The van der Waals surface area contributed by atoms with Crippen LogP contribution in [0.2, 0.25) is 10.0 Å². The van der Waals surface area contributed by atoms with Crippen molar-refractivity contribution in [2.45, 2.75) is 0 Å². The summed E-state index contributed by atoms with van der Waals surface area (Å²) in [5, 5.41) is 6.43. The van der Waals surface area contributed by atoms with E-state index >= 15 is 0 Å². The molecule has 35 heavy (non-hydrogen) atoms. The number of benzene rings is 3. The van der Waals surface area contributed by atoms with Crippen LogP contribution in [0.25, 0.3) is 10.9 Å². The van der Waals surface area contributed by atoms with Gasteiger partial charge in [-0.1, -0.05) is 39.1 Å². The van der Waals surface area contributed by atoms with Crippen molar-refractivity contribution in [1.29, 1.82) is 0 Å². The zero-order valence-electron chi connectivity index (χ0n) is 18.1. The Labute approximate surface area is 218 Å². The van der Waals surface area contributed by atoms with Crippen molar-refractivity contribution in [3.05, 3.63) is 86.9 Å². The molecule has 0 spiro atoms. The second kappa shape index (κ2) is 10.4. The number of carbonyl (C=O) groups excluding carboxylic acids is 3. The van der Waals surface area contributed by atoms with Gasteiger partial charge < -0.3 is 15.4 Å². The molecule has 0 aliphatic rings. The maximum absolute atomic E-state index is 13.1. The lowest BCUT2D eigenvalue weighted by molar-refractivity contribution is -0.133. The second-order valence-electron chi connectivity index (χ2n) is 7.27. The third-order valence-electron chi connectivity index (χ3n) is 4.94. The standard InChI is InChI=1S/C24H17BrCl2N4O4/c1-35-17-6-4-16(5-7-17)28-22(32)21-11-13-10-14(25)2-9-20(13)31(21)30-24(34)23(33)29-19-8-3-15(26)12-18(19)27/h2-12H,1H3,(H,28,32)(H,29,33)(H,30,34). The number of carbonyl (C=O) groups is 3. The van der Waals surface area contributed by atoms with Crippen LogP contribution in [-0.2, 0) is 9.59 Å². The van der Waals surface area contributed by atoms with Crippen LogP contribution in [0.3, 0.4) is 0 Å². The first-order chi connectivity index (χ1) is 16.7. The van der Waals surface area contributed by atoms with E-state index in [0.29, 0.717) is 27.4 Å². The lowest BCUT2D eigenvalue weighted by Gasteiger charge is -2.13. The summed E-state index contributed by atoms with van der Waals surface area (Å²) in [7, 11) is 1.55. The molecule has 4 rings (SSSR count). The highest BCUT2D eigenvalue weighted by Gasteiger charge is 2.22. The van der Waals surface area contributed by atoms with Gasteiger partial charge in [-0.2, -0.15) is 0 Å². The number of amides is 3. The molecule has 11 heteroatoms. The van der Waals surface area contributed by atoms with Crippen molar-refractivity contribution >= 4 is 79.1 Å². The van der Waals surface area contributed by atoms with Gasteiger partial charge in [-0.15, -0.1) is 0 Å². The van der Waals surface area contributed by atoms with E-state index in [2.05, 4.69) is 32.0 Å². The van der Waals surface area contributed by atoms with E-state index in [4.69, 9.17) is 27.9 Å². The van der Waals surface area contributed by atoms with Crippen LogP contribution in [-0.4, -0.2) is 29.5 Å². The summed E-state index contributed by atoms with van der Waals surface area (Å²) in [5.41, 5.74) is 3.85. The fourth-order valence-corrected chi connectivity index (χ4v) is 4.10. The molecule has 1 heterocycles. The molecule has 0 saturated carbocycles. The Morgan fingerprint density at radius 3 is 2.31 bits per heavy atom. The molecule has 0 aliphatic heterocycles. The molecule has 0 atom stereocenters. The number of fused-ring (bicyclic) bond motifs is 1. The molecule has 3 N–H and O–H groups in total. The van der Waals surface area contributed by atoms with E-state index in [1.54, 1.807) is 55.6 Å². The number of nitrogens with zero attached hydrogens (tertiary/aromatic N) is 1. The van der Waals surface area contributed by atoms with Gasteiger partial charge in [0.15, 0.2) is 0 Å². The van der Waals surface area contributed by atoms with E-state index in [1.807, 2.05) is 0 Å². The zero-order chi connectivity index (χ0) is 25.1. The number of halogens is 3. The van der Waals surface area contributed by atoms with Crippen LogP contribution in [0.5, 0.6) is 5.75 Å². The third kappa shape index (κ3) is 5.59. The Bertz CT molecular complexity index is 1450. The molecule has 0 fully saturated rings. The number of aromatic nitrogens is 1. The second-order valence-corrected chi connectivity index (χ2v) is 9.03. The molecule has 4 aromatic rings. The van der Waals surface area contributed by atoms with E-state index in [-0.39, 0.29) is 16.4 Å². The summed E-state index contributed by atoms with van der Waals surface area (Å²) >= 11 is 15.3. The summed E-state index contributed by atoms with van der Waals surface area (Å²) in [5.74, 6) is -1.84. The molecule has 0 saturated heterocycles. The number of ether oxygens (including phenoxy) is 1. The van der Waals surface area contributed by atoms with E-state index in [9.17, 15) is 14.4 Å². The first-order valence-electron chi connectivity index (χ1n) is 10.1. The number of anilines is 2. The molecule has 3 amide bonds.